The number of alkyl halides is 2. The number of rotatable bonds is 9. The van der Waals surface area contributed by atoms with E-state index >= 15 is 0 Å². The summed E-state index contributed by atoms with van der Waals surface area (Å²) >= 11 is 0. The Hall–Kier alpha value is -2.59. The van der Waals surface area contributed by atoms with Gasteiger partial charge in [0.2, 0.25) is 15.9 Å². The lowest BCUT2D eigenvalue weighted by atomic mass is 10.2. The van der Waals surface area contributed by atoms with E-state index in [1.54, 1.807) is 6.07 Å². The fraction of sp³-hybridized carbons (Fsp3) is 0.278. The van der Waals surface area contributed by atoms with Gasteiger partial charge in [-0.15, -0.1) is 0 Å². The Kier molecular flexibility index (Phi) is 7.41. The lowest BCUT2D eigenvalue weighted by molar-refractivity contribution is -0.116. The number of carbonyl (C=O) groups is 1. The number of nitrogens with zero attached hydrogens (tertiary/aromatic N) is 1. The zero-order chi connectivity index (χ0) is 20.7. The topological polar surface area (TPSA) is 75.7 Å². The molecule has 6 nitrogen and oxygen atoms in total. The Balaban J connectivity index is 1.89. The molecule has 0 unspecified atom stereocenters. The predicted octanol–water partition coefficient (Wildman–Crippen LogP) is 3.47. The van der Waals surface area contributed by atoms with Crippen LogP contribution in [0.4, 0.5) is 18.9 Å². The third-order valence-corrected chi connectivity index (χ3v) is 5.65. The van der Waals surface area contributed by atoms with E-state index in [1.807, 2.05) is 0 Å². The van der Waals surface area contributed by atoms with Gasteiger partial charge in [-0.1, -0.05) is 12.1 Å². The molecule has 2 aromatic rings. The van der Waals surface area contributed by atoms with Crippen molar-refractivity contribution in [1.82, 2.24) is 4.31 Å². The minimum absolute atomic E-state index is 0.0354. The second-order valence-corrected chi connectivity index (χ2v) is 7.85. The highest BCUT2D eigenvalue weighted by molar-refractivity contribution is 7.89. The van der Waals surface area contributed by atoms with Gasteiger partial charge in [0.15, 0.2) is 0 Å². The van der Waals surface area contributed by atoms with Gasteiger partial charge in [-0.25, -0.2) is 17.1 Å². The summed E-state index contributed by atoms with van der Waals surface area (Å²) in [6, 6.07) is 10.2. The van der Waals surface area contributed by atoms with Gasteiger partial charge in [-0.2, -0.15) is 8.78 Å². The molecule has 0 spiro atoms. The van der Waals surface area contributed by atoms with Gasteiger partial charge in [0.05, 0.1) is 10.6 Å². The highest BCUT2D eigenvalue weighted by Crippen LogP contribution is 2.25. The van der Waals surface area contributed by atoms with Crippen LogP contribution in [0.5, 0.6) is 5.75 Å². The number of anilines is 1. The van der Waals surface area contributed by atoms with Crippen LogP contribution >= 0.6 is 0 Å². The molecule has 1 amide bonds. The molecule has 0 radical (unpaired) electrons. The molecule has 0 aromatic heterocycles. The van der Waals surface area contributed by atoms with E-state index in [0.29, 0.717) is 0 Å². The first-order chi connectivity index (χ1) is 13.2. The van der Waals surface area contributed by atoms with E-state index in [-0.39, 0.29) is 35.7 Å². The molecule has 10 heteroatoms. The van der Waals surface area contributed by atoms with Gasteiger partial charge in [-0.05, 0) is 42.8 Å². The van der Waals surface area contributed by atoms with E-state index in [1.165, 1.54) is 25.2 Å². The van der Waals surface area contributed by atoms with Crippen LogP contribution in [-0.4, -0.2) is 38.8 Å². The summed E-state index contributed by atoms with van der Waals surface area (Å²) in [7, 11) is -2.45. The first-order valence-corrected chi connectivity index (χ1v) is 9.70. The molecule has 0 fully saturated rings. The van der Waals surface area contributed by atoms with Crippen LogP contribution in [-0.2, 0) is 14.8 Å². The first kappa shape index (κ1) is 21.7. The summed E-state index contributed by atoms with van der Waals surface area (Å²) in [5, 5.41) is 2.46. The van der Waals surface area contributed by atoms with Gasteiger partial charge >= 0.3 is 6.61 Å². The van der Waals surface area contributed by atoms with Gasteiger partial charge in [0.1, 0.15) is 11.6 Å². The quantitative estimate of drug-likeness (QED) is 0.679. The second kappa shape index (κ2) is 9.56. The van der Waals surface area contributed by atoms with E-state index in [9.17, 15) is 26.4 Å². The molecular formula is C18H19F3N2O4S. The van der Waals surface area contributed by atoms with Crippen LogP contribution in [0.25, 0.3) is 0 Å². The third kappa shape index (κ3) is 5.96. The molecule has 0 bridgehead atoms. The average Bonchev–Trinajstić information content (AvgIpc) is 2.63. The molecule has 152 valence electrons. The van der Waals surface area contributed by atoms with E-state index in [0.717, 1.165) is 28.6 Å². The monoisotopic (exact) mass is 416 g/mol. The number of ether oxygens (including phenoxy) is 1. The zero-order valence-electron chi connectivity index (χ0n) is 14.9. The van der Waals surface area contributed by atoms with Crippen molar-refractivity contribution in [2.24, 2.45) is 0 Å². The molecule has 2 rings (SSSR count). The molecule has 0 heterocycles. The van der Waals surface area contributed by atoms with Crippen molar-refractivity contribution in [3.05, 3.63) is 54.3 Å². The largest absolute Gasteiger partial charge is 0.433 e. The molecule has 0 aliphatic rings. The van der Waals surface area contributed by atoms with Crippen LogP contribution in [0.15, 0.2) is 53.4 Å². The Morgan fingerprint density at radius 3 is 2.43 bits per heavy atom. The zero-order valence-corrected chi connectivity index (χ0v) is 15.8. The van der Waals surface area contributed by atoms with Crippen molar-refractivity contribution >= 4 is 21.6 Å². The minimum Gasteiger partial charge on any atom is -0.433 e. The van der Waals surface area contributed by atoms with Gasteiger partial charge in [0, 0.05) is 20.0 Å². The normalized spacial score (nSPS) is 11.6. The average molecular weight is 416 g/mol. The fourth-order valence-electron chi connectivity index (χ4n) is 2.35. The first-order valence-electron chi connectivity index (χ1n) is 8.26. The smallest absolute Gasteiger partial charge is 0.387 e. The van der Waals surface area contributed by atoms with Crippen LogP contribution < -0.4 is 10.1 Å². The lowest BCUT2D eigenvalue weighted by Gasteiger charge is -2.17. The maximum absolute atomic E-state index is 12.9. The lowest BCUT2D eigenvalue weighted by Crippen LogP contribution is -2.28. The molecule has 28 heavy (non-hydrogen) atoms. The van der Waals surface area contributed by atoms with Crippen LogP contribution in [0.1, 0.15) is 12.8 Å². The predicted molar refractivity (Wildman–Crippen MR) is 97.2 cm³/mol. The SMILES string of the molecule is CN(CCCC(=O)Nc1ccccc1OC(F)F)S(=O)(=O)c1ccc(F)cc1. The van der Waals surface area contributed by atoms with Crippen molar-refractivity contribution in [2.45, 2.75) is 24.3 Å². The summed E-state index contributed by atoms with van der Waals surface area (Å²) in [5.74, 6) is -1.19. The second-order valence-electron chi connectivity index (χ2n) is 5.81. The van der Waals surface area contributed by atoms with Gasteiger partial charge in [-0.3, -0.25) is 4.79 Å². The maximum atomic E-state index is 12.9. The molecule has 0 atom stereocenters. The number of carbonyl (C=O) groups excluding carboxylic acids is 1. The number of halogens is 3. The third-order valence-electron chi connectivity index (χ3n) is 3.78. The number of benzene rings is 2. The van der Waals surface area contributed by atoms with Crippen LogP contribution in [0.2, 0.25) is 0 Å². The van der Waals surface area contributed by atoms with E-state index in [4.69, 9.17) is 0 Å². The number of para-hydroxylation sites is 2. The molecule has 1 N–H and O–H groups in total. The standard InChI is InChI=1S/C18H19F3N2O4S/c1-23(28(25,26)14-10-8-13(19)9-11-14)12-4-7-17(24)22-15-5-2-3-6-16(15)27-18(20)21/h2-3,5-6,8-11,18H,4,7,12H2,1H3,(H,22,24). The highest BCUT2D eigenvalue weighted by Gasteiger charge is 2.20. The minimum atomic E-state index is -3.80. The number of nitrogens with one attached hydrogen (secondary N) is 1. The summed E-state index contributed by atoms with van der Waals surface area (Å²) in [5.41, 5.74) is 0.0973. The van der Waals surface area contributed by atoms with Crippen molar-refractivity contribution in [2.75, 3.05) is 18.9 Å². The summed E-state index contributed by atoms with van der Waals surface area (Å²) in [6.45, 7) is -2.98. The Morgan fingerprint density at radius 1 is 1.14 bits per heavy atom. The summed E-state index contributed by atoms with van der Waals surface area (Å²) < 4.78 is 67.8. The molecule has 0 aliphatic carbocycles. The molecule has 2 aromatic carbocycles. The Bertz CT molecular complexity index is 905. The number of hydrogen-bond donors (Lipinski definition) is 1. The Morgan fingerprint density at radius 2 is 1.79 bits per heavy atom. The number of hydrogen-bond acceptors (Lipinski definition) is 4. The van der Waals surface area contributed by atoms with Crippen LogP contribution in [0, 0.1) is 5.82 Å². The fourth-order valence-corrected chi connectivity index (χ4v) is 3.56. The van der Waals surface area contributed by atoms with Gasteiger partial charge in [0.25, 0.3) is 0 Å². The van der Waals surface area contributed by atoms with Crippen molar-refractivity contribution in [1.29, 1.82) is 0 Å². The highest BCUT2D eigenvalue weighted by atomic mass is 32.2. The molecule has 0 aliphatic heterocycles. The molecular weight excluding hydrogens is 397 g/mol. The molecule has 0 saturated heterocycles. The molecule has 0 saturated carbocycles. The van der Waals surface area contributed by atoms with Crippen molar-refractivity contribution in [3.8, 4) is 5.75 Å². The van der Waals surface area contributed by atoms with Crippen molar-refractivity contribution in [3.63, 3.8) is 0 Å². The summed E-state index contributed by atoms with van der Waals surface area (Å²) in [6.07, 6.45) is 0.160. The van der Waals surface area contributed by atoms with Crippen molar-refractivity contribution < 1.29 is 31.1 Å². The summed E-state index contributed by atoms with van der Waals surface area (Å²) in [4.78, 5) is 12.0. The van der Waals surface area contributed by atoms with E-state index < -0.39 is 28.4 Å². The number of sulfonamides is 1. The maximum Gasteiger partial charge on any atom is 0.387 e. The number of amides is 1. The Labute approximate surface area is 161 Å². The van der Waals surface area contributed by atoms with Gasteiger partial charge < -0.3 is 10.1 Å². The van der Waals surface area contributed by atoms with E-state index in [2.05, 4.69) is 10.1 Å². The van der Waals surface area contributed by atoms with Crippen LogP contribution in [0.3, 0.4) is 0 Å².